The van der Waals surface area contributed by atoms with Gasteiger partial charge in [-0.15, -0.1) is 10.2 Å². The first-order chi connectivity index (χ1) is 8.04. The Hall–Kier alpha value is -1.27. The van der Waals surface area contributed by atoms with Crippen LogP contribution in [-0.2, 0) is 0 Å². The van der Waals surface area contributed by atoms with Crippen molar-refractivity contribution in [1.29, 1.82) is 0 Å². The molecule has 0 fully saturated rings. The largest absolute Gasteiger partial charge is 0.399 e. The predicted molar refractivity (Wildman–Crippen MR) is 74.0 cm³/mol. The number of rotatable bonds is 3. The molecule has 0 saturated carbocycles. The van der Waals surface area contributed by atoms with E-state index in [2.05, 4.69) is 16.3 Å². The first-order valence-electron chi connectivity index (χ1n) is 5.10. The van der Waals surface area contributed by atoms with Gasteiger partial charge in [-0.05, 0) is 30.7 Å². The third-order valence-electron chi connectivity index (χ3n) is 2.06. The van der Waals surface area contributed by atoms with Crippen molar-refractivity contribution in [3.63, 3.8) is 0 Å². The first-order valence-corrected chi connectivity index (χ1v) is 6.74. The zero-order chi connectivity index (χ0) is 12.4. The van der Waals surface area contributed by atoms with Crippen LogP contribution in [-0.4, -0.2) is 24.3 Å². The van der Waals surface area contributed by atoms with Crippen molar-refractivity contribution in [1.82, 2.24) is 10.2 Å². The SMILES string of the molecule is Cc1cc(N)cc(Sc2nnc(N(C)C)s2)c1. The van der Waals surface area contributed by atoms with E-state index in [4.69, 9.17) is 5.73 Å². The number of anilines is 2. The van der Waals surface area contributed by atoms with Crippen molar-refractivity contribution >= 4 is 33.9 Å². The highest BCUT2D eigenvalue weighted by atomic mass is 32.2. The number of nitrogen functional groups attached to an aromatic ring is 1. The van der Waals surface area contributed by atoms with Crippen LogP contribution in [0.5, 0.6) is 0 Å². The molecule has 0 saturated heterocycles. The molecule has 1 aromatic carbocycles. The summed E-state index contributed by atoms with van der Waals surface area (Å²) in [6.45, 7) is 2.03. The summed E-state index contributed by atoms with van der Waals surface area (Å²) in [5.41, 5.74) is 7.75. The second kappa shape index (κ2) is 4.93. The maximum absolute atomic E-state index is 5.81. The Morgan fingerprint density at radius 3 is 2.59 bits per heavy atom. The molecule has 2 aromatic rings. The number of nitrogens with zero attached hydrogens (tertiary/aromatic N) is 3. The lowest BCUT2D eigenvalue weighted by molar-refractivity contribution is 0.972. The van der Waals surface area contributed by atoms with Gasteiger partial charge in [-0.2, -0.15) is 0 Å². The van der Waals surface area contributed by atoms with Gasteiger partial charge in [0.05, 0.1) is 0 Å². The number of hydrogen-bond donors (Lipinski definition) is 1. The highest BCUT2D eigenvalue weighted by molar-refractivity contribution is 8.01. The fraction of sp³-hybridized carbons (Fsp3) is 0.273. The Labute approximate surface area is 109 Å². The molecule has 17 heavy (non-hydrogen) atoms. The van der Waals surface area contributed by atoms with E-state index in [-0.39, 0.29) is 0 Å². The molecular formula is C11H14N4S2. The molecule has 0 unspecified atom stereocenters. The number of benzene rings is 1. The van der Waals surface area contributed by atoms with Gasteiger partial charge in [-0.1, -0.05) is 23.1 Å². The summed E-state index contributed by atoms with van der Waals surface area (Å²) in [4.78, 5) is 3.05. The summed E-state index contributed by atoms with van der Waals surface area (Å²) in [5, 5.41) is 9.15. The molecule has 90 valence electrons. The van der Waals surface area contributed by atoms with Crippen molar-refractivity contribution in [3.8, 4) is 0 Å². The van der Waals surface area contributed by atoms with E-state index in [0.29, 0.717) is 0 Å². The van der Waals surface area contributed by atoms with Gasteiger partial charge in [-0.25, -0.2) is 0 Å². The average molecular weight is 266 g/mol. The van der Waals surface area contributed by atoms with E-state index in [9.17, 15) is 0 Å². The molecule has 2 rings (SSSR count). The molecule has 6 heteroatoms. The lowest BCUT2D eigenvalue weighted by Crippen LogP contribution is -2.07. The van der Waals surface area contributed by atoms with Gasteiger partial charge in [0.1, 0.15) is 0 Å². The van der Waals surface area contributed by atoms with Crippen LogP contribution in [0.2, 0.25) is 0 Å². The van der Waals surface area contributed by atoms with Crippen molar-refractivity contribution < 1.29 is 0 Å². The van der Waals surface area contributed by atoms with Gasteiger partial charge in [0.2, 0.25) is 5.13 Å². The molecule has 0 atom stereocenters. The molecule has 0 spiro atoms. The van der Waals surface area contributed by atoms with Gasteiger partial charge >= 0.3 is 0 Å². The van der Waals surface area contributed by atoms with Crippen molar-refractivity contribution in [2.75, 3.05) is 24.7 Å². The normalized spacial score (nSPS) is 10.5. The standard InChI is InChI=1S/C11H14N4S2/c1-7-4-8(12)6-9(5-7)16-11-14-13-10(17-11)15(2)3/h4-6H,12H2,1-3H3. The monoisotopic (exact) mass is 266 g/mol. The van der Waals surface area contributed by atoms with Gasteiger partial charge in [0.15, 0.2) is 4.34 Å². The van der Waals surface area contributed by atoms with Crippen LogP contribution in [0.3, 0.4) is 0 Å². The minimum absolute atomic E-state index is 0.782. The van der Waals surface area contributed by atoms with E-state index in [1.807, 2.05) is 38.1 Å². The number of aryl methyl sites for hydroxylation is 1. The number of hydrogen-bond acceptors (Lipinski definition) is 6. The fourth-order valence-corrected chi connectivity index (χ4v) is 3.26. The second-order valence-corrected chi connectivity index (χ2v) is 6.20. The second-order valence-electron chi connectivity index (χ2n) is 3.93. The Morgan fingerprint density at radius 2 is 2.00 bits per heavy atom. The quantitative estimate of drug-likeness (QED) is 0.866. The van der Waals surface area contributed by atoms with E-state index < -0.39 is 0 Å². The Bertz CT molecular complexity index is 502. The smallest absolute Gasteiger partial charge is 0.208 e. The Kier molecular flexibility index (Phi) is 3.54. The van der Waals surface area contributed by atoms with Crippen molar-refractivity contribution in [3.05, 3.63) is 23.8 Å². The Morgan fingerprint density at radius 1 is 1.24 bits per heavy atom. The van der Waals surface area contributed by atoms with Crippen LogP contribution in [0, 0.1) is 6.92 Å². The fourth-order valence-electron chi connectivity index (χ4n) is 1.36. The molecule has 4 nitrogen and oxygen atoms in total. The molecule has 0 aliphatic heterocycles. The maximum Gasteiger partial charge on any atom is 0.208 e. The number of nitrogens with two attached hydrogens (primary N) is 1. The molecule has 0 aliphatic carbocycles. The van der Waals surface area contributed by atoms with Crippen LogP contribution in [0.25, 0.3) is 0 Å². The van der Waals surface area contributed by atoms with Crippen molar-refractivity contribution in [2.24, 2.45) is 0 Å². The van der Waals surface area contributed by atoms with E-state index in [0.717, 1.165) is 25.6 Å². The summed E-state index contributed by atoms with van der Waals surface area (Å²) >= 11 is 3.17. The zero-order valence-electron chi connectivity index (χ0n) is 9.97. The maximum atomic E-state index is 5.81. The van der Waals surface area contributed by atoms with Gasteiger partial charge < -0.3 is 10.6 Å². The van der Waals surface area contributed by atoms with Crippen molar-refractivity contribution in [2.45, 2.75) is 16.2 Å². The summed E-state index contributed by atoms with van der Waals surface area (Å²) in [6.07, 6.45) is 0. The molecule has 0 amide bonds. The van der Waals surface area contributed by atoms with Crippen LogP contribution < -0.4 is 10.6 Å². The molecular weight excluding hydrogens is 252 g/mol. The molecule has 1 heterocycles. The molecule has 0 radical (unpaired) electrons. The lowest BCUT2D eigenvalue weighted by atomic mass is 10.2. The van der Waals surface area contributed by atoms with Crippen LogP contribution >= 0.6 is 23.1 Å². The third kappa shape index (κ3) is 3.10. The topological polar surface area (TPSA) is 55.0 Å². The summed E-state index contributed by atoms with van der Waals surface area (Å²) in [5.74, 6) is 0. The molecule has 0 bridgehead atoms. The first kappa shape index (κ1) is 12.2. The molecule has 2 N–H and O–H groups in total. The third-order valence-corrected chi connectivity index (χ3v) is 4.17. The summed E-state index contributed by atoms with van der Waals surface area (Å²) in [7, 11) is 3.92. The summed E-state index contributed by atoms with van der Waals surface area (Å²) in [6, 6.07) is 6.00. The van der Waals surface area contributed by atoms with Crippen LogP contribution in [0.4, 0.5) is 10.8 Å². The minimum atomic E-state index is 0.782. The summed E-state index contributed by atoms with van der Waals surface area (Å²) < 4.78 is 0.929. The highest BCUT2D eigenvalue weighted by Gasteiger charge is 2.07. The van der Waals surface area contributed by atoms with Gasteiger partial charge in [-0.3, -0.25) is 0 Å². The van der Waals surface area contributed by atoms with E-state index in [1.165, 1.54) is 0 Å². The average Bonchev–Trinajstić information content (AvgIpc) is 2.64. The highest BCUT2D eigenvalue weighted by Crippen LogP contribution is 2.33. The number of aromatic nitrogens is 2. The van der Waals surface area contributed by atoms with Gasteiger partial charge in [0, 0.05) is 24.7 Å². The van der Waals surface area contributed by atoms with E-state index >= 15 is 0 Å². The van der Waals surface area contributed by atoms with Gasteiger partial charge in [0.25, 0.3) is 0 Å². The predicted octanol–water partition coefficient (Wildman–Crippen LogP) is 2.65. The zero-order valence-corrected chi connectivity index (χ0v) is 11.6. The van der Waals surface area contributed by atoms with Crippen LogP contribution in [0.1, 0.15) is 5.56 Å². The minimum Gasteiger partial charge on any atom is -0.399 e. The Balaban J connectivity index is 2.19. The van der Waals surface area contributed by atoms with E-state index in [1.54, 1.807) is 23.1 Å². The lowest BCUT2D eigenvalue weighted by Gasteiger charge is -2.04. The van der Waals surface area contributed by atoms with Crippen LogP contribution in [0.15, 0.2) is 27.4 Å². The molecule has 1 aromatic heterocycles. The molecule has 0 aliphatic rings.